The third-order valence-electron chi connectivity index (χ3n) is 4.47. The smallest absolute Gasteiger partial charge is 0.191 e. The fraction of sp³-hybridized carbons (Fsp3) is 0.611. The molecule has 1 aromatic rings. The third kappa shape index (κ3) is 5.82. The minimum absolute atomic E-state index is 0.208. The van der Waals surface area contributed by atoms with Crippen molar-refractivity contribution in [2.75, 3.05) is 26.7 Å². The number of nitrogens with zero attached hydrogens (tertiary/aromatic N) is 2. The van der Waals surface area contributed by atoms with Crippen molar-refractivity contribution < 1.29 is 4.39 Å². The summed E-state index contributed by atoms with van der Waals surface area (Å²) in [5.41, 5.74) is 1.03. The van der Waals surface area contributed by atoms with Crippen LogP contribution in [0, 0.1) is 11.7 Å². The molecule has 2 unspecified atom stereocenters. The van der Waals surface area contributed by atoms with Crippen molar-refractivity contribution in [1.29, 1.82) is 0 Å². The van der Waals surface area contributed by atoms with E-state index < -0.39 is 0 Å². The molecule has 2 N–H and O–H groups in total. The van der Waals surface area contributed by atoms with Gasteiger partial charge in [-0.1, -0.05) is 19.1 Å². The number of halogens is 1. The minimum Gasteiger partial charge on any atom is -0.355 e. The van der Waals surface area contributed by atoms with Crippen LogP contribution in [0.5, 0.6) is 0 Å². The molecule has 1 aromatic carbocycles. The molecule has 0 amide bonds. The number of aliphatic imine (C=N–C) groups is 1. The molecule has 1 aliphatic heterocycles. The van der Waals surface area contributed by atoms with Gasteiger partial charge in [0.15, 0.2) is 5.96 Å². The van der Waals surface area contributed by atoms with Gasteiger partial charge in [0, 0.05) is 32.7 Å². The predicted molar refractivity (Wildman–Crippen MR) is 94.0 cm³/mol. The minimum atomic E-state index is -0.208. The molecule has 1 saturated heterocycles. The summed E-state index contributed by atoms with van der Waals surface area (Å²) in [6.07, 6.45) is 2.64. The molecule has 0 aliphatic carbocycles. The summed E-state index contributed by atoms with van der Waals surface area (Å²) in [6, 6.07) is 7.02. The Morgan fingerprint density at radius 2 is 2.09 bits per heavy atom. The highest BCUT2D eigenvalue weighted by atomic mass is 19.1. The zero-order valence-electron chi connectivity index (χ0n) is 14.5. The zero-order chi connectivity index (χ0) is 16.7. The van der Waals surface area contributed by atoms with Gasteiger partial charge in [0.1, 0.15) is 5.82 Å². The van der Waals surface area contributed by atoms with Gasteiger partial charge in [-0.15, -0.1) is 0 Å². The summed E-state index contributed by atoms with van der Waals surface area (Å²) in [6.45, 7) is 8.47. The Bertz CT molecular complexity index is 500. The first-order valence-electron chi connectivity index (χ1n) is 8.51. The van der Waals surface area contributed by atoms with Gasteiger partial charge < -0.3 is 10.6 Å². The van der Waals surface area contributed by atoms with Gasteiger partial charge in [-0.05, 0) is 49.9 Å². The molecule has 1 heterocycles. The summed E-state index contributed by atoms with van der Waals surface area (Å²) in [5, 5.41) is 6.66. The Labute approximate surface area is 139 Å². The molecule has 0 saturated carbocycles. The van der Waals surface area contributed by atoms with Gasteiger partial charge in [-0.3, -0.25) is 9.89 Å². The number of likely N-dealkylation sites (tertiary alicyclic amines) is 1. The molecule has 23 heavy (non-hydrogen) atoms. The Kier molecular flexibility index (Phi) is 6.84. The lowest BCUT2D eigenvalue weighted by Crippen LogP contribution is -2.48. The summed E-state index contributed by atoms with van der Waals surface area (Å²) in [7, 11) is 1.77. The number of hydrogen-bond acceptors (Lipinski definition) is 2. The van der Waals surface area contributed by atoms with Crippen molar-refractivity contribution in [2.45, 2.75) is 39.3 Å². The highest BCUT2D eigenvalue weighted by Crippen LogP contribution is 2.17. The van der Waals surface area contributed by atoms with Gasteiger partial charge >= 0.3 is 0 Å². The van der Waals surface area contributed by atoms with E-state index in [0.29, 0.717) is 12.6 Å². The first-order chi connectivity index (χ1) is 11.1. The first-order valence-corrected chi connectivity index (χ1v) is 8.51. The number of guanidine groups is 1. The number of rotatable bonds is 5. The van der Waals surface area contributed by atoms with Crippen molar-refractivity contribution in [1.82, 2.24) is 15.5 Å². The summed E-state index contributed by atoms with van der Waals surface area (Å²) in [5.74, 6) is 1.37. The average Bonchev–Trinajstić information content (AvgIpc) is 2.56. The highest BCUT2D eigenvalue weighted by Gasteiger charge is 2.20. The lowest BCUT2D eigenvalue weighted by molar-refractivity contribution is 0.139. The molecule has 1 aliphatic rings. The fourth-order valence-electron chi connectivity index (χ4n) is 3.01. The van der Waals surface area contributed by atoms with Gasteiger partial charge in [0.05, 0.1) is 0 Å². The van der Waals surface area contributed by atoms with Crippen molar-refractivity contribution in [3.63, 3.8) is 0 Å². The Morgan fingerprint density at radius 1 is 1.35 bits per heavy atom. The fourth-order valence-corrected chi connectivity index (χ4v) is 3.01. The van der Waals surface area contributed by atoms with Crippen LogP contribution in [0.15, 0.2) is 29.3 Å². The van der Waals surface area contributed by atoms with Crippen LogP contribution in [0.25, 0.3) is 0 Å². The maximum Gasteiger partial charge on any atom is 0.191 e. The molecule has 0 spiro atoms. The van der Waals surface area contributed by atoms with Crippen molar-refractivity contribution in [2.24, 2.45) is 10.9 Å². The highest BCUT2D eigenvalue weighted by molar-refractivity contribution is 5.79. The van der Waals surface area contributed by atoms with Crippen LogP contribution in [0.1, 0.15) is 32.3 Å². The molecule has 2 atom stereocenters. The zero-order valence-corrected chi connectivity index (χ0v) is 14.5. The van der Waals surface area contributed by atoms with E-state index in [2.05, 4.69) is 34.4 Å². The maximum absolute atomic E-state index is 12.9. The van der Waals surface area contributed by atoms with Crippen LogP contribution in [-0.2, 0) is 6.54 Å². The molecule has 0 bridgehead atoms. The second-order valence-electron chi connectivity index (χ2n) is 6.52. The summed E-state index contributed by atoms with van der Waals surface area (Å²) < 4.78 is 12.9. The number of piperidine rings is 1. The summed E-state index contributed by atoms with van der Waals surface area (Å²) in [4.78, 5) is 6.80. The molecule has 4 nitrogen and oxygen atoms in total. The van der Waals surface area contributed by atoms with Gasteiger partial charge in [0.25, 0.3) is 0 Å². The van der Waals surface area contributed by atoms with Gasteiger partial charge in [-0.2, -0.15) is 0 Å². The molecule has 0 radical (unpaired) electrons. The van der Waals surface area contributed by atoms with Crippen LogP contribution in [0.2, 0.25) is 0 Å². The van der Waals surface area contributed by atoms with Crippen LogP contribution in [0.4, 0.5) is 4.39 Å². The molecule has 2 rings (SSSR count). The van der Waals surface area contributed by atoms with Crippen LogP contribution in [0.3, 0.4) is 0 Å². The molecular formula is C18H29FN4. The van der Waals surface area contributed by atoms with Crippen LogP contribution >= 0.6 is 0 Å². The van der Waals surface area contributed by atoms with Crippen LogP contribution < -0.4 is 10.6 Å². The predicted octanol–water partition coefficient (Wildman–Crippen LogP) is 2.61. The lowest BCUT2D eigenvalue weighted by Gasteiger charge is -2.35. The van der Waals surface area contributed by atoms with E-state index in [1.807, 2.05) is 0 Å². The molecule has 1 fully saturated rings. The van der Waals surface area contributed by atoms with Crippen LogP contribution in [-0.4, -0.2) is 43.6 Å². The van der Waals surface area contributed by atoms with Gasteiger partial charge in [-0.25, -0.2) is 4.39 Å². The molecule has 5 heteroatoms. The molecule has 0 aromatic heterocycles. The number of nitrogens with one attached hydrogen (secondary N) is 2. The summed E-state index contributed by atoms with van der Waals surface area (Å²) >= 11 is 0. The van der Waals surface area contributed by atoms with Crippen molar-refractivity contribution in [3.05, 3.63) is 35.6 Å². The van der Waals surface area contributed by atoms with Crippen molar-refractivity contribution >= 4 is 5.96 Å². The van der Waals surface area contributed by atoms with E-state index in [-0.39, 0.29) is 5.82 Å². The van der Waals surface area contributed by atoms with Crippen molar-refractivity contribution in [3.8, 4) is 0 Å². The Hall–Kier alpha value is -1.62. The van der Waals surface area contributed by atoms with Gasteiger partial charge in [0.2, 0.25) is 0 Å². The standard InChI is InChI=1S/C18H29FN4/c1-14-5-4-10-23(13-14)15(2)11-21-18(20-3)22-12-16-6-8-17(19)9-7-16/h6-9,14-15H,4-5,10-13H2,1-3H3,(H2,20,21,22). The van der Waals surface area contributed by atoms with E-state index in [1.165, 1.54) is 38.1 Å². The quantitative estimate of drug-likeness (QED) is 0.647. The van der Waals surface area contributed by atoms with E-state index in [0.717, 1.165) is 24.0 Å². The second kappa shape index (κ2) is 8.87. The normalized spacial score (nSPS) is 21.0. The topological polar surface area (TPSA) is 39.7 Å². The monoisotopic (exact) mass is 320 g/mol. The number of hydrogen-bond donors (Lipinski definition) is 2. The Morgan fingerprint density at radius 3 is 2.74 bits per heavy atom. The van der Waals surface area contributed by atoms with E-state index >= 15 is 0 Å². The molecular weight excluding hydrogens is 291 g/mol. The average molecular weight is 320 g/mol. The van der Waals surface area contributed by atoms with E-state index in [9.17, 15) is 4.39 Å². The SMILES string of the molecule is CN=C(NCc1ccc(F)cc1)NCC(C)N1CCCC(C)C1. The Balaban J connectivity index is 1.75. The maximum atomic E-state index is 12.9. The van der Waals surface area contributed by atoms with E-state index in [4.69, 9.17) is 0 Å². The largest absolute Gasteiger partial charge is 0.355 e. The molecule has 128 valence electrons. The second-order valence-corrected chi connectivity index (χ2v) is 6.52. The lowest BCUT2D eigenvalue weighted by atomic mass is 9.99. The first kappa shape index (κ1) is 17.7. The number of benzene rings is 1. The van der Waals surface area contributed by atoms with E-state index in [1.54, 1.807) is 19.2 Å². The third-order valence-corrected chi connectivity index (χ3v) is 4.47.